The van der Waals surface area contributed by atoms with E-state index < -0.39 is 5.97 Å². The highest BCUT2D eigenvalue weighted by Gasteiger charge is 2.28. The quantitative estimate of drug-likeness (QED) is 0.861. The van der Waals surface area contributed by atoms with E-state index in [1.54, 1.807) is 12.1 Å². The molecule has 0 spiro atoms. The number of carboxylic acid groups (broad SMARTS) is 1. The number of halogens is 1. The molecular formula is C13H12ClNO3S. The van der Waals surface area contributed by atoms with Crippen LogP contribution in [0.4, 0.5) is 0 Å². The molecule has 0 amide bonds. The molecular weight excluding hydrogens is 286 g/mol. The van der Waals surface area contributed by atoms with Crippen LogP contribution >= 0.6 is 22.9 Å². The summed E-state index contributed by atoms with van der Waals surface area (Å²) in [6.45, 7) is 1.92. The van der Waals surface area contributed by atoms with E-state index >= 15 is 0 Å². The number of carbonyl (C=O) groups excluding carboxylic acids is 1. The van der Waals surface area contributed by atoms with E-state index in [2.05, 4.69) is 4.98 Å². The van der Waals surface area contributed by atoms with E-state index in [1.807, 2.05) is 6.92 Å². The number of rotatable bonds is 2. The molecule has 1 aliphatic carbocycles. The van der Waals surface area contributed by atoms with Crippen molar-refractivity contribution in [2.24, 2.45) is 5.92 Å². The van der Waals surface area contributed by atoms with Gasteiger partial charge in [-0.3, -0.25) is 9.59 Å². The maximum absolute atomic E-state index is 10.5. The van der Waals surface area contributed by atoms with Gasteiger partial charge in [-0.15, -0.1) is 11.3 Å². The summed E-state index contributed by atoms with van der Waals surface area (Å²) in [5.74, 6) is -0.611. The molecule has 0 aliphatic heterocycles. The fourth-order valence-electron chi connectivity index (χ4n) is 1.52. The van der Waals surface area contributed by atoms with Gasteiger partial charge in [-0.2, -0.15) is 0 Å². The first kappa shape index (κ1) is 14.0. The van der Waals surface area contributed by atoms with Gasteiger partial charge in [-0.05, 0) is 31.9 Å². The summed E-state index contributed by atoms with van der Waals surface area (Å²) in [6.07, 6.45) is 2.57. The highest BCUT2D eigenvalue weighted by molar-refractivity contribution is 7.19. The first-order valence-corrected chi connectivity index (χ1v) is 6.95. The molecule has 1 heterocycles. The minimum absolute atomic E-state index is 0.0185. The highest BCUT2D eigenvalue weighted by Crippen LogP contribution is 2.30. The zero-order valence-corrected chi connectivity index (χ0v) is 11.8. The molecule has 2 aromatic rings. The molecule has 0 saturated heterocycles. The number of thiazole rings is 1. The molecule has 0 atom stereocenters. The molecule has 1 aromatic heterocycles. The van der Waals surface area contributed by atoms with Crippen molar-refractivity contribution >= 4 is 45.4 Å². The first-order valence-electron chi connectivity index (χ1n) is 5.76. The summed E-state index contributed by atoms with van der Waals surface area (Å²) in [4.78, 5) is 24.5. The van der Waals surface area contributed by atoms with E-state index in [1.165, 1.54) is 11.3 Å². The number of benzene rings is 1. The summed E-state index contributed by atoms with van der Waals surface area (Å²) in [5, 5.41) is 9.61. The largest absolute Gasteiger partial charge is 0.481 e. The Bertz CT molecular complexity index is 634. The normalized spacial score (nSPS) is 13.8. The molecule has 1 aliphatic rings. The van der Waals surface area contributed by atoms with E-state index in [-0.39, 0.29) is 5.92 Å². The summed E-state index contributed by atoms with van der Waals surface area (Å²) >= 11 is 7.50. The van der Waals surface area contributed by atoms with Gasteiger partial charge in [0, 0.05) is 5.56 Å². The van der Waals surface area contributed by atoms with Gasteiger partial charge in [0.25, 0.3) is 0 Å². The van der Waals surface area contributed by atoms with Gasteiger partial charge < -0.3 is 5.11 Å². The maximum atomic E-state index is 10.5. The van der Waals surface area contributed by atoms with Crippen molar-refractivity contribution in [3.05, 3.63) is 27.7 Å². The lowest BCUT2D eigenvalue weighted by molar-refractivity contribution is -0.138. The molecule has 0 bridgehead atoms. The maximum Gasteiger partial charge on any atom is 0.306 e. The van der Waals surface area contributed by atoms with Crippen LogP contribution < -0.4 is 0 Å². The molecule has 6 heteroatoms. The van der Waals surface area contributed by atoms with Crippen molar-refractivity contribution < 1.29 is 14.7 Å². The van der Waals surface area contributed by atoms with Crippen LogP contribution in [0.1, 0.15) is 28.2 Å². The zero-order chi connectivity index (χ0) is 14.0. The zero-order valence-electron chi connectivity index (χ0n) is 10.2. The van der Waals surface area contributed by atoms with Gasteiger partial charge in [-0.1, -0.05) is 11.6 Å². The fraction of sp³-hybridized carbons (Fsp3) is 0.308. The average Bonchev–Trinajstić information content (AvgIpc) is 3.13. The molecule has 19 heavy (non-hydrogen) atoms. The lowest BCUT2D eigenvalue weighted by Crippen LogP contribution is -1.94. The third kappa shape index (κ3) is 3.52. The first-order chi connectivity index (χ1) is 9.01. The number of hydrogen-bond acceptors (Lipinski definition) is 4. The third-order valence-electron chi connectivity index (χ3n) is 2.64. The van der Waals surface area contributed by atoms with Crippen LogP contribution in [0.15, 0.2) is 12.1 Å². The fourth-order valence-corrected chi connectivity index (χ4v) is 2.67. The number of carboxylic acids is 1. The van der Waals surface area contributed by atoms with Gasteiger partial charge in [0.1, 0.15) is 6.29 Å². The smallest absolute Gasteiger partial charge is 0.306 e. The molecule has 0 unspecified atom stereocenters. The lowest BCUT2D eigenvalue weighted by atomic mass is 10.2. The standard InChI is InChI=1S/C9H6ClNOS.C4H6O2/c1-5-11-8-3-6(4-12)2-7(10)9(8)13-5;5-4(6)3-1-2-3/h2-4H,1H3;3H,1-2H2,(H,5,6). The number of nitrogens with zero attached hydrogens (tertiary/aromatic N) is 1. The SMILES string of the molecule is Cc1nc2cc(C=O)cc(Cl)c2s1.O=C(O)C1CC1. The molecule has 4 nitrogen and oxygen atoms in total. The number of hydrogen-bond donors (Lipinski definition) is 1. The van der Waals surface area contributed by atoms with Crippen LogP contribution in [-0.4, -0.2) is 22.3 Å². The Balaban J connectivity index is 0.000000186. The van der Waals surface area contributed by atoms with Crippen molar-refractivity contribution in [1.82, 2.24) is 4.98 Å². The average molecular weight is 298 g/mol. The van der Waals surface area contributed by atoms with E-state index in [0.29, 0.717) is 10.6 Å². The molecule has 0 radical (unpaired) electrons. The predicted molar refractivity (Wildman–Crippen MR) is 75.1 cm³/mol. The lowest BCUT2D eigenvalue weighted by Gasteiger charge is -1.93. The molecule has 100 valence electrons. The van der Waals surface area contributed by atoms with E-state index in [4.69, 9.17) is 16.7 Å². The number of fused-ring (bicyclic) bond motifs is 1. The molecule has 1 N–H and O–H groups in total. The van der Waals surface area contributed by atoms with Gasteiger partial charge in [0.2, 0.25) is 0 Å². The summed E-state index contributed by atoms with van der Waals surface area (Å²) in [5.41, 5.74) is 1.37. The minimum Gasteiger partial charge on any atom is -0.481 e. The second-order valence-electron chi connectivity index (χ2n) is 4.31. The highest BCUT2D eigenvalue weighted by atomic mass is 35.5. The Morgan fingerprint density at radius 2 is 2.21 bits per heavy atom. The summed E-state index contributed by atoms with van der Waals surface area (Å²) in [7, 11) is 0. The Hall–Kier alpha value is -1.46. The third-order valence-corrected chi connectivity index (χ3v) is 4.07. The number of carbonyl (C=O) groups is 2. The summed E-state index contributed by atoms with van der Waals surface area (Å²) < 4.78 is 0.949. The Morgan fingerprint density at radius 3 is 2.68 bits per heavy atom. The van der Waals surface area contributed by atoms with Crippen molar-refractivity contribution in [3.63, 3.8) is 0 Å². The number of aldehydes is 1. The second kappa shape index (κ2) is 5.67. The van der Waals surface area contributed by atoms with Crippen LogP contribution in [0.2, 0.25) is 5.02 Å². The second-order valence-corrected chi connectivity index (χ2v) is 5.92. The van der Waals surface area contributed by atoms with Crippen LogP contribution in [0.3, 0.4) is 0 Å². The van der Waals surface area contributed by atoms with Crippen LogP contribution in [-0.2, 0) is 4.79 Å². The molecule has 3 rings (SSSR count). The topological polar surface area (TPSA) is 67.3 Å². The number of aromatic nitrogens is 1. The Labute approximate surface area is 119 Å². The van der Waals surface area contributed by atoms with Crippen molar-refractivity contribution in [1.29, 1.82) is 0 Å². The van der Waals surface area contributed by atoms with Crippen LogP contribution in [0.25, 0.3) is 10.2 Å². The number of aliphatic carboxylic acids is 1. The van der Waals surface area contributed by atoms with Crippen molar-refractivity contribution in [3.8, 4) is 0 Å². The van der Waals surface area contributed by atoms with Crippen LogP contribution in [0.5, 0.6) is 0 Å². The molecule has 1 aromatic carbocycles. The van der Waals surface area contributed by atoms with Gasteiger partial charge in [0.15, 0.2) is 0 Å². The molecule has 1 fully saturated rings. The van der Waals surface area contributed by atoms with E-state index in [9.17, 15) is 9.59 Å². The Morgan fingerprint density at radius 1 is 1.53 bits per heavy atom. The monoisotopic (exact) mass is 297 g/mol. The van der Waals surface area contributed by atoms with Gasteiger partial charge in [0.05, 0.1) is 26.2 Å². The Kier molecular flexibility index (Phi) is 4.17. The summed E-state index contributed by atoms with van der Waals surface area (Å²) in [6, 6.07) is 3.41. The van der Waals surface area contributed by atoms with Crippen molar-refractivity contribution in [2.75, 3.05) is 0 Å². The van der Waals surface area contributed by atoms with Crippen LogP contribution in [0, 0.1) is 12.8 Å². The minimum atomic E-state index is -0.630. The predicted octanol–water partition coefficient (Wildman–Crippen LogP) is 3.55. The number of aryl methyl sites for hydroxylation is 1. The van der Waals surface area contributed by atoms with Gasteiger partial charge in [-0.25, -0.2) is 4.98 Å². The molecule has 1 saturated carbocycles. The van der Waals surface area contributed by atoms with Crippen molar-refractivity contribution in [2.45, 2.75) is 19.8 Å². The van der Waals surface area contributed by atoms with E-state index in [0.717, 1.165) is 34.4 Å². The van der Waals surface area contributed by atoms with Gasteiger partial charge >= 0.3 is 5.97 Å².